The van der Waals surface area contributed by atoms with E-state index in [1.54, 1.807) is 6.07 Å². The van der Waals surface area contributed by atoms with Crippen LogP contribution in [0.25, 0.3) is 0 Å². The van der Waals surface area contributed by atoms with Crippen LogP contribution in [-0.4, -0.2) is 23.1 Å². The lowest BCUT2D eigenvalue weighted by Gasteiger charge is -2.27. The smallest absolute Gasteiger partial charge is 0.225 e. The Bertz CT molecular complexity index is 729. The van der Waals surface area contributed by atoms with Gasteiger partial charge in [-0.2, -0.15) is 0 Å². The highest BCUT2D eigenvalue weighted by molar-refractivity contribution is 6.35. The molecule has 1 aromatic carbocycles. The van der Waals surface area contributed by atoms with Crippen LogP contribution >= 0.6 is 23.2 Å². The summed E-state index contributed by atoms with van der Waals surface area (Å²) in [5.41, 5.74) is 3.04. The first-order chi connectivity index (χ1) is 12.0. The molecular formula is C19H24Cl2N4. The Labute approximate surface area is 159 Å². The predicted molar refractivity (Wildman–Crippen MR) is 105 cm³/mol. The summed E-state index contributed by atoms with van der Waals surface area (Å²) in [6, 6.07) is 7.76. The molecule has 2 heterocycles. The van der Waals surface area contributed by atoms with Crippen LogP contribution in [0.4, 0.5) is 5.95 Å². The van der Waals surface area contributed by atoms with Crippen molar-refractivity contribution in [3.8, 4) is 0 Å². The molecule has 0 spiro atoms. The molecule has 1 N–H and O–H groups in total. The third kappa shape index (κ3) is 4.84. The highest BCUT2D eigenvalue weighted by Crippen LogP contribution is 2.26. The van der Waals surface area contributed by atoms with Gasteiger partial charge in [-0.05, 0) is 56.9 Å². The molecule has 1 atom stereocenters. The standard InChI is InChI=1S/C19H24Cl2N4/c1-13-10-16(24-19(23-13)25-8-4-3-5-9-25)12-22-14(2)17-7-6-15(20)11-18(17)21/h6-7,10-11,14,22H,3-5,8-9,12H2,1-2H3/t14-/m0/s1. The largest absolute Gasteiger partial charge is 0.341 e. The maximum absolute atomic E-state index is 6.30. The van der Waals surface area contributed by atoms with Crippen molar-refractivity contribution >= 4 is 29.2 Å². The summed E-state index contributed by atoms with van der Waals surface area (Å²) >= 11 is 12.3. The summed E-state index contributed by atoms with van der Waals surface area (Å²) < 4.78 is 0. The molecule has 3 rings (SSSR count). The average molecular weight is 379 g/mol. The second-order valence-electron chi connectivity index (χ2n) is 6.62. The number of hydrogen-bond acceptors (Lipinski definition) is 4. The number of aryl methyl sites for hydroxylation is 1. The van der Waals surface area contributed by atoms with Crippen LogP contribution in [0.3, 0.4) is 0 Å². The summed E-state index contributed by atoms with van der Waals surface area (Å²) in [7, 11) is 0. The van der Waals surface area contributed by atoms with E-state index in [1.165, 1.54) is 19.3 Å². The SMILES string of the molecule is Cc1cc(CN[C@@H](C)c2ccc(Cl)cc2Cl)nc(N2CCCCC2)n1. The Morgan fingerprint density at radius 2 is 1.88 bits per heavy atom. The van der Waals surface area contributed by atoms with E-state index in [1.807, 2.05) is 25.1 Å². The van der Waals surface area contributed by atoms with Crippen LogP contribution in [0.1, 0.15) is 49.2 Å². The number of aromatic nitrogens is 2. The fourth-order valence-electron chi connectivity index (χ4n) is 3.16. The van der Waals surface area contributed by atoms with Gasteiger partial charge in [-0.3, -0.25) is 0 Å². The Balaban J connectivity index is 1.69. The van der Waals surface area contributed by atoms with Crippen molar-refractivity contribution in [2.24, 2.45) is 0 Å². The van der Waals surface area contributed by atoms with Gasteiger partial charge in [-0.1, -0.05) is 29.3 Å². The summed E-state index contributed by atoms with van der Waals surface area (Å²) in [6.07, 6.45) is 3.74. The Morgan fingerprint density at radius 3 is 2.60 bits per heavy atom. The van der Waals surface area contributed by atoms with Crippen molar-refractivity contribution in [2.45, 2.75) is 45.7 Å². The molecule has 6 heteroatoms. The zero-order valence-corrected chi connectivity index (χ0v) is 16.2. The number of piperidine rings is 1. The molecule has 0 unspecified atom stereocenters. The number of benzene rings is 1. The minimum atomic E-state index is 0.110. The predicted octanol–water partition coefficient (Wildman–Crippen LogP) is 4.93. The van der Waals surface area contributed by atoms with Crippen LogP contribution in [-0.2, 0) is 6.54 Å². The number of nitrogens with zero attached hydrogens (tertiary/aromatic N) is 3. The molecule has 1 fully saturated rings. The van der Waals surface area contributed by atoms with Crippen LogP contribution in [0.5, 0.6) is 0 Å². The van der Waals surface area contributed by atoms with E-state index < -0.39 is 0 Å². The second-order valence-corrected chi connectivity index (χ2v) is 7.46. The van der Waals surface area contributed by atoms with Crippen molar-refractivity contribution in [3.63, 3.8) is 0 Å². The molecule has 4 nitrogen and oxygen atoms in total. The van der Waals surface area contributed by atoms with Crippen molar-refractivity contribution in [1.82, 2.24) is 15.3 Å². The Morgan fingerprint density at radius 1 is 1.12 bits per heavy atom. The van der Waals surface area contributed by atoms with Gasteiger partial charge >= 0.3 is 0 Å². The molecule has 1 aromatic heterocycles. The van der Waals surface area contributed by atoms with E-state index in [-0.39, 0.29) is 6.04 Å². The normalized spacial score (nSPS) is 16.1. The van der Waals surface area contributed by atoms with Crippen LogP contribution in [0.2, 0.25) is 10.0 Å². The first-order valence-electron chi connectivity index (χ1n) is 8.81. The van der Waals surface area contributed by atoms with E-state index in [2.05, 4.69) is 22.1 Å². The van der Waals surface area contributed by atoms with Crippen molar-refractivity contribution in [1.29, 1.82) is 0 Å². The molecule has 0 saturated carbocycles. The molecule has 134 valence electrons. The lowest BCUT2D eigenvalue weighted by molar-refractivity contribution is 0.554. The Hall–Kier alpha value is -1.36. The molecule has 1 aliphatic heterocycles. The molecule has 0 aliphatic carbocycles. The monoisotopic (exact) mass is 378 g/mol. The third-order valence-electron chi connectivity index (χ3n) is 4.55. The fourth-order valence-corrected chi connectivity index (χ4v) is 3.74. The minimum Gasteiger partial charge on any atom is -0.341 e. The maximum Gasteiger partial charge on any atom is 0.225 e. The minimum absolute atomic E-state index is 0.110. The van der Waals surface area contributed by atoms with Crippen LogP contribution in [0.15, 0.2) is 24.3 Å². The molecule has 25 heavy (non-hydrogen) atoms. The van der Waals surface area contributed by atoms with Gasteiger partial charge in [-0.25, -0.2) is 9.97 Å². The summed E-state index contributed by atoms with van der Waals surface area (Å²) in [5, 5.41) is 4.83. The van der Waals surface area contributed by atoms with E-state index in [0.717, 1.165) is 36.0 Å². The van der Waals surface area contributed by atoms with E-state index in [0.29, 0.717) is 16.6 Å². The molecule has 0 radical (unpaired) electrons. The fraction of sp³-hybridized carbons (Fsp3) is 0.474. The van der Waals surface area contributed by atoms with Gasteiger partial charge in [0.05, 0.1) is 5.69 Å². The molecule has 0 amide bonds. The molecule has 2 aromatic rings. The second kappa shape index (κ2) is 8.35. The lowest BCUT2D eigenvalue weighted by Crippen LogP contribution is -2.31. The van der Waals surface area contributed by atoms with Gasteiger partial charge in [0.2, 0.25) is 5.95 Å². The van der Waals surface area contributed by atoms with E-state index >= 15 is 0 Å². The van der Waals surface area contributed by atoms with Crippen LogP contribution < -0.4 is 10.2 Å². The molecule has 1 aliphatic rings. The lowest BCUT2D eigenvalue weighted by atomic mass is 10.1. The molecule has 0 bridgehead atoms. The third-order valence-corrected chi connectivity index (χ3v) is 5.12. The van der Waals surface area contributed by atoms with E-state index in [9.17, 15) is 0 Å². The van der Waals surface area contributed by atoms with Gasteiger partial charge in [0.25, 0.3) is 0 Å². The van der Waals surface area contributed by atoms with Crippen molar-refractivity contribution in [3.05, 3.63) is 51.3 Å². The topological polar surface area (TPSA) is 41.1 Å². The zero-order chi connectivity index (χ0) is 17.8. The highest BCUT2D eigenvalue weighted by Gasteiger charge is 2.15. The maximum atomic E-state index is 6.30. The molecule has 1 saturated heterocycles. The van der Waals surface area contributed by atoms with Gasteiger partial charge in [0, 0.05) is 41.4 Å². The Kier molecular flexibility index (Phi) is 6.15. The first kappa shape index (κ1) is 18.4. The number of rotatable bonds is 5. The number of hydrogen-bond donors (Lipinski definition) is 1. The van der Waals surface area contributed by atoms with E-state index in [4.69, 9.17) is 28.2 Å². The quantitative estimate of drug-likeness (QED) is 0.800. The first-order valence-corrected chi connectivity index (χ1v) is 9.56. The number of anilines is 1. The van der Waals surface area contributed by atoms with Crippen molar-refractivity contribution < 1.29 is 0 Å². The van der Waals surface area contributed by atoms with Gasteiger partial charge < -0.3 is 10.2 Å². The zero-order valence-electron chi connectivity index (χ0n) is 14.7. The van der Waals surface area contributed by atoms with Crippen LogP contribution in [0, 0.1) is 6.92 Å². The highest BCUT2D eigenvalue weighted by atomic mass is 35.5. The van der Waals surface area contributed by atoms with Crippen molar-refractivity contribution in [2.75, 3.05) is 18.0 Å². The number of nitrogens with one attached hydrogen (secondary N) is 1. The average Bonchev–Trinajstić information content (AvgIpc) is 2.60. The summed E-state index contributed by atoms with van der Waals surface area (Å²) in [6.45, 7) is 6.89. The van der Waals surface area contributed by atoms with Gasteiger partial charge in [0.15, 0.2) is 0 Å². The van der Waals surface area contributed by atoms with Gasteiger partial charge in [-0.15, -0.1) is 0 Å². The molecular weight excluding hydrogens is 355 g/mol. The van der Waals surface area contributed by atoms with Gasteiger partial charge in [0.1, 0.15) is 0 Å². The summed E-state index contributed by atoms with van der Waals surface area (Å²) in [5.74, 6) is 0.855. The number of halogens is 2. The summed E-state index contributed by atoms with van der Waals surface area (Å²) in [4.78, 5) is 11.7.